The van der Waals surface area contributed by atoms with E-state index in [9.17, 15) is 0 Å². The molecule has 3 heteroatoms. The standard InChI is InChI=1S/C11H19N3/c1-9-7-13-14(8-9)11-3-2-10(6-11)4-5-12/h7-8,10-11H,2-6,12H2,1H3. The Kier molecular flexibility index (Phi) is 2.87. The molecule has 2 unspecified atom stereocenters. The maximum Gasteiger partial charge on any atom is 0.0522 e. The highest BCUT2D eigenvalue weighted by Crippen LogP contribution is 2.35. The lowest BCUT2D eigenvalue weighted by atomic mass is 10.0. The molecule has 0 aromatic carbocycles. The number of hydrogen-bond donors (Lipinski definition) is 1. The van der Waals surface area contributed by atoms with Gasteiger partial charge in [0.2, 0.25) is 0 Å². The third kappa shape index (κ3) is 1.98. The molecule has 2 N–H and O–H groups in total. The fraction of sp³-hybridized carbons (Fsp3) is 0.727. The van der Waals surface area contributed by atoms with Gasteiger partial charge in [0, 0.05) is 6.20 Å². The lowest BCUT2D eigenvalue weighted by Gasteiger charge is -2.10. The molecule has 1 heterocycles. The first-order chi connectivity index (χ1) is 6.79. The van der Waals surface area contributed by atoms with Crippen LogP contribution in [0, 0.1) is 12.8 Å². The Morgan fingerprint density at radius 2 is 2.43 bits per heavy atom. The minimum absolute atomic E-state index is 0.625. The minimum Gasteiger partial charge on any atom is -0.330 e. The molecule has 0 spiro atoms. The van der Waals surface area contributed by atoms with Crippen LogP contribution in [0.15, 0.2) is 12.4 Å². The van der Waals surface area contributed by atoms with Gasteiger partial charge >= 0.3 is 0 Å². The van der Waals surface area contributed by atoms with E-state index in [0.29, 0.717) is 6.04 Å². The zero-order valence-electron chi connectivity index (χ0n) is 8.82. The lowest BCUT2D eigenvalue weighted by molar-refractivity contribution is 0.430. The number of nitrogens with zero attached hydrogens (tertiary/aromatic N) is 2. The van der Waals surface area contributed by atoms with Crippen LogP contribution in [0.3, 0.4) is 0 Å². The number of aryl methyl sites for hydroxylation is 1. The first kappa shape index (κ1) is 9.71. The predicted molar refractivity (Wildman–Crippen MR) is 57.0 cm³/mol. The molecule has 1 aliphatic rings. The summed E-state index contributed by atoms with van der Waals surface area (Å²) in [6, 6.07) is 0.625. The third-order valence-electron chi connectivity index (χ3n) is 3.19. The summed E-state index contributed by atoms with van der Waals surface area (Å²) in [4.78, 5) is 0. The molecule has 2 rings (SSSR count). The van der Waals surface area contributed by atoms with Gasteiger partial charge in [0.15, 0.2) is 0 Å². The molecule has 1 aliphatic carbocycles. The summed E-state index contributed by atoms with van der Waals surface area (Å²) in [5.41, 5.74) is 6.83. The van der Waals surface area contributed by atoms with Gasteiger partial charge in [-0.05, 0) is 50.6 Å². The molecule has 3 nitrogen and oxygen atoms in total. The second-order valence-corrected chi connectivity index (χ2v) is 4.41. The summed E-state index contributed by atoms with van der Waals surface area (Å²) >= 11 is 0. The van der Waals surface area contributed by atoms with Crippen molar-refractivity contribution in [3.05, 3.63) is 18.0 Å². The Hall–Kier alpha value is -0.830. The van der Waals surface area contributed by atoms with Crippen molar-refractivity contribution in [1.82, 2.24) is 9.78 Å². The molecule has 0 radical (unpaired) electrons. The van der Waals surface area contributed by atoms with Gasteiger partial charge < -0.3 is 5.73 Å². The summed E-state index contributed by atoms with van der Waals surface area (Å²) in [6.07, 6.45) is 9.12. The van der Waals surface area contributed by atoms with E-state index in [-0.39, 0.29) is 0 Å². The normalized spacial score (nSPS) is 27.0. The maximum absolute atomic E-state index is 5.57. The number of hydrogen-bond acceptors (Lipinski definition) is 2. The maximum atomic E-state index is 5.57. The van der Waals surface area contributed by atoms with E-state index < -0.39 is 0 Å². The van der Waals surface area contributed by atoms with Crippen molar-refractivity contribution in [3.8, 4) is 0 Å². The van der Waals surface area contributed by atoms with Crippen LogP contribution in [0.4, 0.5) is 0 Å². The highest BCUT2D eigenvalue weighted by atomic mass is 15.3. The Bertz CT molecular complexity index is 292. The molecule has 78 valence electrons. The van der Waals surface area contributed by atoms with Crippen molar-refractivity contribution >= 4 is 0 Å². The molecule has 1 saturated carbocycles. The summed E-state index contributed by atoms with van der Waals surface area (Å²) in [5, 5.41) is 4.38. The third-order valence-corrected chi connectivity index (χ3v) is 3.19. The van der Waals surface area contributed by atoms with Crippen LogP contribution >= 0.6 is 0 Å². The van der Waals surface area contributed by atoms with Gasteiger partial charge in [-0.25, -0.2) is 0 Å². The molecule has 14 heavy (non-hydrogen) atoms. The van der Waals surface area contributed by atoms with Crippen molar-refractivity contribution < 1.29 is 0 Å². The van der Waals surface area contributed by atoms with E-state index in [1.165, 1.54) is 31.2 Å². The van der Waals surface area contributed by atoms with E-state index in [2.05, 4.69) is 22.9 Å². The largest absolute Gasteiger partial charge is 0.330 e. The monoisotopic (exact) mass is 193 g/mol. The van der Waals surface area contributed by atoms with Gasteiger partial charge in [-0.2, -0.15) is 5.10 Å². The highest BCUT2D eigenvalue weighted by molar-refractivity contribution is 5.01. The molecular formula is C11H19N3. The SMILES string of the molecule is Cc1cnn(C2CCC(CCN)C2)c1. The first-order valence-corrected chi connectivity index (χ1v) is 5.50. The van der Waals surface area contributed by atoms with Gasteiger partial charge in [-0.15, -0.1) is 0 Å². The summed E-state index contributed by atoms with van der Waals surface area (Å²) in [5.74, 6) is 0.828. The molecule has 1 aromatic heterocycles. The van der Waals surface area contributed by atoms with Crippen LogP contribution in [0.25, 0.3) is 0 Å². The topological polar surface area (TPSA) is 43.8 Å². The zero-order chi connectivity index (χ0) is 9.97. The predicted octanol–water partition coefficient (Wildman–Crippen LogP) is 1.88. The van der Waals surface area contributed by atoms with Crippen LogP contribution in [-0.4, -0.2) is 16.3 Å². The molecule has 0 aliphatic heterocycles. The van der Waals surface area contributed by atoms with Gasteiger partial charge in [-0.3, -0.25) is 4.68 Å². The van der Waals surface area contributed by atoms with E-state index in [1.807, 2.05) is 6.20 Å². The smallest absolute Gasteiger partial charge is 0.0522 e. The van der Waals surface area contributed by atoms with Gasteiger partial charge in [0.25, 0.3) is 0 Å². The number of nitrogens with two attached hydrogens (primary N) is 1. The van der Waals surface area contributed by atoms with Crippen molar-refractivity contribution in [2.45, 2.75) is 38.6 Å². The quantitative estimate of drug-likeness (QED) is 0.796. The Labute approximate surface area is 85.3 Å². The molecule has 1 aromatic rings. The van der Waals surface area contributed by atoms with Crippen LogP contribution in [-0.2, 0) is 0 Å². The zero-order valence-corrected chi connectivity index (χ0v) is 8.82. The fourth-order valence-corrected chi connectivity index (χ4v) is 2.42. The number of rotatable bonds is 3. The second-order valence-electron chi connectivity index (χ2n) is 4.41. The Morgan fingerprint density at radius 1 is 1.57 bits per heavy atom. The van der Waals surface area contributed by atoms with Gasteiger partial charge in [0.1, 0.15) is 0 Å². The summed E-state index contributed by atoms with van der Waals surface area (Å²) < 4.78 is 2.13. The summed E-state index contributed by atoms with van der Waals surface area (Å²) in [6.45, 7) is 2.92. The molecule has 0 saturated heterocycles. The molecule has 2 atom stereocenters. The molecule has 0 bridgehead atoms. The van der Waals surface area contributed by atoms with Crippen molar-refractivity contribution in [3.63, 3.8) is 0 Å². The number of aromatic nitrogens is 2. The second kappa shape index (κ2) is 4.13. The lowest BCUT2D eigenvalue weighted by Crippen LogP contribution is -2.08. The van der Waals surface area contributed by atoms with Crippen LogP contribution in [0.2, 0.25) is 0 Å². The minimum atomic E-state index is 0.625. The molecular weight excluding hydrogens is 174 g/mol. The Balaban J connectivity index is 1.95. The van der Waals surface area contributed by atoms with Crippen molar-refractivity contribution in [1.29, 1.82) is 0 Å². The Morgan fingerprint density at radius 3 is 3.07 bits per heavy atom. The van der Waals surface area contributed by atoms with E-state index >= 15 is 0 Å². The van der Waals surface area contributed by atoms with E-state index in [0.717, 1.165) is 12.5 Å². The molecule has 1 fully saturated rings. The molecule has 0 amide bonds. The average molecular weight is 193 g/mol. The van der Waals surface area contributed by atoms with Crippen molar-refractivity contribution in [2.75, 3.05) is 6.54 Å². The van der Waals surface area contributed by atoms with E-state index in [1.54, 1.807) is 0 Å². The highest BCUT2D eigenvalue weighted by Gasteiger charge is 2.25. The fourth-order valence-electron chi connectivity index (χ4n) is 2.42. The van der Waals surface area contributed by atoms with Crippen LogP contribution < -0.4 is 5.73 Å². The summed E-state index contributed by atoms with van der Waals surface area (Å²) in [7, 11) is 0. The first-order valence-electron chi connectivity index (χ1n) is 5.50. The van der Waals surface area contributed by atoms with E-state index in [4.69, 9.17) is 5.73 Å². The van der Waals surface area contributed by atoms with Gasteiger partial charge in [-0.1, -0.05) is 0 Å². The van der Waals surface area contributed by atoms with Crippen LogP contribution in [0.1, 0.15) is 37.3 Å². The van der Waals surface area contributed by atoms with Crippen LogP contribution in [0.5, 0.6) is 0 Å². The van der Waals surface area contributed by atoms with Crippen molar-refractivity contribution in [2.24, 2.45) is 11.7 Å². The van der Waals surface area contributed by atoms with Gasteiger partial charge in [0.05, 0.1) is 12.2 Å². The average Bonchev–Trinajstić information content (AvgIpc) is 2.74.